The van der Waals surface area contributed by atoms with Crippen LogP contribution in [0.5, 0.6) is 0 Å². The molecule has 0 radical (unpaired) electrons. The summed E-state index contributed by atoms with van der Waals surface area (Å²) >= 11 is 3.31. The Kier molecular flexibility index (Phi) is 4.19. The van der Waals surface area contributed by atoms with Gasteiger partial charge in [-0.15, -0.1) is 5.10 Å². The SMILES string of the molecule is Cc1cc(C)n2nc(C(=O)OCc3cc(=O)n4cc(Br)ccc4n3)nc2n1. The van der Waals surface area contributed by atoms with E-state index in [-0.39, 0.29) is 18.0 Å². The molecule has 0 saturated carbocycles. The van der Waals surface area contributed by atoms with Gasteiger partial charge in [0.2, 0.25) is 0 Å². The van der Waals surface area contributed by atoms with Crippen LogP contribution >= 0.6 is 15.9 Å². The predicted molar refractivity (Wildman–Crippen MR) is 98.5 cm³/mol. The van der Waals surface area contributed by atoms with Gasteiger partial charge in [0.1, 0.15) is 12.3 Å². The van der Waals surface area contributed by atoms with E-state index in [1.165, 1.54) is 15.0 Å². The zero-order valence-electron chi connectivity index (χ0n) is 14.4. The number of nitrogens with zero attached hydrogens (tertiary/aromatic N) is 6. The quantitative estimate of drug-likeness (QED) is 0.458. The van der Waals surface area contributed by atoms with Crippen LogP contribution in [0, 0.1) is 13.8 Å². The molecule has 0 aromatic carbocycles. The molecule has 0 N–H and O–H groups in total. The van der Waals surface area contributed by atoms with Crippen LogP contribution in [0.4, 0.5) is 0 Å². The molecule has 10 heteroatoms. The van der Waals surface area contributed by atoms with Gasteiger partial charge in [-0.1, -0.05) is 0 Å². The maximum absolute atomic E-state index is 12.3. The highest BCUT2D eigenvalue weighted by Crippen LogP contribution is 2.10. The average Bonchev–Trinajstić information content (AvgIpc) is 3.05. The van der Waals surface area contributed by atoms with E-state index in [0.717, 1.165) is 15.9 Å². The maximum Gasteiger partial charge on any atom is 0.378 e. The molecule has 4 aromatic heterocycles. The molecule has 0 saturated heterocycles. The summed E-state index contributed by atoms with van der Waals surface area (Å²) in [5.41, 5.74) is 2.11. The third kappa shape index (κ3) is 3.31. The van der Waals surface area contributed by atoms with Crippen LogP contribution in [-0.4, -0.2) is 34.9 Å². The molecule has 0 atom stereocenters. The van der Waals surface area contributed by atoms with Gasteiger partial charge >= 0.3 is 5.97 Å². The van der Waals surface area contributed by atoms with E-state index < -0.39 is 5.97 Å². The Labute approximate surface area is 160 Å². The molecule has 0 spiro atoms. The van der Waals surface area contributed by atoms with Crippen molar-refractivity contribution >= 4 is 33.3 Å². The van der Waals surface area contributed by atoms with Crippen molar-refractivity contribution in [1.29, 1.82) is 0 Å². The second-order valence-electron chi connectivity index (χ2n) is 5.92. The molecule has 4 aromatic rings. The molecule has 0 unspecified atom stereocenters. The first-order valence-corrected chi connectivity index (χ1v) is 8.76. The van der Waals surface area contributed by atoms with Crippen molar-refractivity contribution in [3.05, 3.63) is 68.2 Å². The second kappa shape index (κ2) is 6.54. The molecule has 4 heterocycles. The topological polar surface area (TPSA) is 104 Å². The van der Waals surface area contributed by atoms with E-state index in [1.54, 1.807) is 18.3 Å². The lowest BCUT2D eigenvalue weighted by atomic mass is 10.4. The molecule has 0 aliphatic rings. The molecule has 4 rings (SSSR count). The van der Waals surface area contributed by atoms with E-state index in [2.05, 4.69) is 36.0 Å². The van der Waals surface area contributed by atoms with Gasteiger partial charge in [-0.25, -0.2) is 19.3 Å². The number of hydrogen-bond donors (Lipinski definition) is 0. The average molecular weight is 429 g/mol. The van der Waals surface area contributed by atoms with Crippen LogP contribution in [0.15, 0.2) is 39.7 Å². The summed E-state index contributed by atoms with van der Waals surface area (Å²) in [4.78, 5) is 37.1. The van der Waals surface area contributed by atoms with Crippen molar-refractivity contribution in [2.75, 3.05) is 0 Å². The number of fused-ring (bicyclic) bond motifs is 2. The number of rotatable bonds is 3. The highest BCUT2D eigenvalue weighted by Gasteiger charge is 2.17. The van der Waals surface area contributed by atoms with Gasteiger partial charge in [0, 0.05) is 28.1 Å². The van der Waals surface area contributed by atoms with E-state index in [0.29, 0.717) is 17.1 Å². The van der Waals surface area contributed by atoms with Gasteiger partial charge in [0.15, 0.2) is 0 Å². The molecule has 0 amide bonds. The number of esters is 1. The Morgan fingerprint density at radius 2 is 2.00 bits per heavy atom. The largest absolute Gasteiger partial charge is 0.453 e. The van der Waals surface area contributed by atoms with Crippen LogP contribution in [0.1, 0.15) is 27.7 Å². The fraction of sp³-hybridized carbons (Fsp3) is 0.176. The van der Waals surface area contributed by atoms with Crippen molar-refractivity contribution in [2.45, 2.75) is 20.5 Å². The molecular weight excluding hydrogens is 416 g/mol. The van der Waals surface area contributed by atoms with Crippen LogP contribution < -0.4 is 5.56 Å². The third-order valence-electron chi connectivity index (χ3n) is 3.83. The first-order chi connectivity index (χ1) is 12.9. The van der Waals surface area contributed by atoms with Crippen molar-refractivity contribution in [1.82, 2.24) is 29.0 Å². The zero-order valence-corrected chi connectivity index (χ0v) is 16.0. The molecule has 0 fully saturated rings. The normalized spacial score (nSPS) is 11.2. The van der Waals surface area contributed by atoms with Gasteiger partial charge in [0.05, 0.1) is 5.69 Å². The van der Waals surface area contributed by atoms with Gasteiger partial charge < -0.3 is 4.74 Å². The molecule has 0 aliphatic carbocycles. The van der Waals surface area contributed by atoms with Crippen LogP contribution in [0.3, 0.4) is 0 Å². The number of hydrogen-bond acceptors (Lipinski definition) is 7. The number of aromatic nitrogens is 6. The Balaban J connectivity index is 1.57. The second-order valence-corrected chi connectivity index (χ2v) is 6.84. The summed E-state index contributed by atoms with van der Waals surface area (Å²) in [6.45, 7) is 3.51. The fourth-order valence-electron chi connectivity index (χ4n) is 2.66. The lowest BCUT2D eigenvalue weighted by Gasteiger charge is -2.05. The Morgan fingerprint density at radius 3 is 2.81 bits per heavy atom. The Hall–Kier alpha value is -3.14. The Bertz CT molecular complexity index is 1260. The summed E-state index contributed by atoms with van der Waals surface area (Å²) < 4.78 is 8.85. The Morgan fingerprint density at radius 1 is 1.19 bits per heavy atom. The molecular formula is C17H13BrN6O3. The molecule has 27 heavy (non-hydrogen) atoms. The van der Waals surface area contributed by atoms with Crippen LogP contribution in [0.2, 0.25) is 0 Å². The number of pyridine rings is 1. The maximum atomic E-state index is 12.3. The van der Waals surface area contributed by atoms with E-state index >= 15 is 0 Å². The summed E-state index contributed by atoms with van der Waals surface area (Å²) in [6, 6.07) is 6.62. The first-order valence-electron chi connectivity index (χ1n) is 7.97. The van der Waals surface area contributed by atoms with Crippen molar-refractivity contribution in [3.63, 3.8) is 0 Å². The molecule has 0 bridgehead atoms. The van der Waals surface area contributed by atoms with Gasteiger partial charge in [-0.3, -0.25) is 9.20 Å². The highest BCUT2D eigenvalue weighted by atomic mass is 79.9. The monoisotopic (exact) mass is 428 g/mol. The summed E-state index contributed by atoms with van der Waals surface area (Å²) in [7, 11) is 0. The van der Waals surface area contributed by atoms with Crippen molar-refractivity contribution in [2.24, 2.45) is 0 Å². The van der Waals surface area contributed by atoms with Crippen molar-refractivity contribution < 1.29 is 9.53 Å². The minimum absolute atomic E-state index is 0.0994. The highest BCUT2D eigenvalue weighted by molar-refractivity contribution is 9.10. The van der Waals surface area contributed by atoms with Crippen LogP contribution in [-0.2, 0) is 11.3 Å². The summed E-state index contributed by atoms with van der Waals surface area (Å²) in [5.74, 6) is -0.486. The van der Waals surface area contributed by atoms with Gasteiger partial charge in [-0.2, -0.15) is 4.98 Å². The zero-order chi connectivity index (χ0) is 19.1. The lowest BCUT2D eigenvalue weighted by Crippen LogP contribution is -2.17. The van der Waals surface area contributed by atoms with E-state index in [4.69, 9.17) is 4.74 Å². The smallest absolute Gasteiger partial charge is 0.378 e. The number of ether oxygens (including phenoxy) is 1. The number of aryl methyl sites for hydroxylation is 2. The molecule has 9 nitrogen and oxygen atoms in total. The number of carbonyl (C=O) groups excluding carboxylic acids is 1. The third-order valence-corrected chi connectivity index (χ3v) is 4.30. The van der Waals surface area contributed by atoms with E-state index in [9.17, 15) is 9.59 Å². The fourth-order valence-corrected chi connectivity index (χ4v) is 2.99. The lowest BCUT2D eigenvalue weighted by molar-refractivity contribution is 0.0453. The minimum atomic E-state index is -0.713. The number of carbonyl (C=O) groups is 1. The van der Waals surface area contributed by atoms with Gasteiger partial charge in [0.25, 0.3) is 17.2 Å². The molecule has 0 aliphatic heterocycles. The predicted octanol–water partition coefficient (Wildman–Crippen LogP) is 1.87. The molecule has 136 valence electrons. The standard InChI is InChI=1S/C17H13BrN6O3/c1-9-5-10(2)24-17(19-9)21-15(22-24)16(26)27-8-12-6-14(25)23-7-11(18)3-4-13(23)20-12/h3-7H,8H2,1-2H3. The summed E-state index contributed by atoms with van der Waals surface area (Å²) in [6.07, 6.45) is 1.62. The van der Waals surface area contributed by atoms with Crippen molar-refractivity contribution in [3.8, 4) is 0 Å². The minimum Gasteiger partial charge on any atom is -0.453 e. The first kappa shape index (κ1) is 17.3. The number of halogens is 1. The van der Waals surface area contributed by atoms with Crippen LogP contribution in [0.25, 0.3) is 11.4 Å². The summed E-state index contributed by atoms with van der Waals surface area (Å²) in [5, 5.41) is 4.12. The van der Waals surface area contributed by atoms with E-state index in [1.807, 2.05) is 19.9 Å². The van der Waals surface area contributed by atoms with Gasteiger partial charge in [-0.05, 0) is 48.0 Å².